The maximum absolute atomic E-state index is 3.73. The molecule has 2 aliphatic carbocycles. The van der Waals surface area contributed by atoms with Crippen molar-refractivity contribution in [3.63, 3.8) is 0 Å². The summed E-state index contributed by atoms with van der Waals surface area (Å²) in [4.78, 5) is 2.54. The number of likely N-dealkylation sites (N-methyl/N-ethyl adjacent to an activating group) is 2. The van der Waals surface area contributed by atoms with E-state index in [0.29, 0.717) is 11.6 Å². The average Bonchev–Trinajstić information content (AvgIpc) is 2.68. The summed E-state index contributed by atoms with van der Waals surface area (Å²) in [6, 6.07) is 0.545. The van der Waals surface area contributed by atoms with Gasteiger partial charge in [0.15, 0.2) is 0 Å². The molecule has 2 heteroatoms. The van der Waals surface area contributed by atoms with Crippen LogP contribution in [0.2, 0.25) is 0 Å². The lowest BCUT2D eigenvalue weighted by Gasteiger charge is -2.47. The molecule has 2 rings (SSSR count). The number of nitrogens with one attached hydrogen (secondary N) is 1. The molecule has 1 fully saturated rings. The Kier molecular flexibility index (Phi) is 6.75. The molecule has 2 aliphatic rings. The van der Waals surface area contributed by atoms with Crippen LogP contribution >= 0.6 is 0 Å². The Morgan fingerprint density at radius 1 is 0.952 bits per heavy atom. The summed E-state index contributed by atoms with van der Waals surface area (Å²) in [7, 11) is 6.79. The molecule has 0 aliphatic heterocycles. The third-order valence-electron chi connectivity index (χ3n) is 5.88. The predicted molar refractivity (Wildman–Crippen MR) is 92.8 cm³/mol. The molecule has 1 atom stereocenters. The van der Waals surface area contributed by atoms with Crippen LogP contribution in [0.25, 0.3) is 0 Å². The third-order valence-corrected chi connectivity index (χ3v) is 5.88. The third kappa shape index (κ3) is 4.10. The first kappa shape index (κ1) is 17.0. The normalized spacial score (nSPS) is 25.6. The number of allylic oxidation sites excluding steroid dienone is 1. The Morgan fingerprint density at radius 2 is 1.57 bits per heavy atom. The van der Waals surface area contributed by atoms with Gasteiger partial charge < -0.3 is 10.2 Å². The summed E-state index contributed by atoms with van der Waals surface area (Å²) in [5.74, 6) is 0. The molecule has 122 valence electrons. The Labute approximate surface area is 132 Å². The molecule has 1 unspecified atom stereocenters. The quantitative estimate of drug-likeness (QED) is 0.606. The SMILES string of the molecule is CNC(C1=CCCCCCC1)C1(N(C)C)CCCCCC1. The van der Waals surface area contributed by atoms with Crippen LogP contribution in [0.5, 0.6) is 0 Å². The maximum atomic E-state index is 3.73. The van der Waals surface area contributed by atoms with E-state index in [2.05, 4.69) is 37.4 Å². The van der Waals surface area contributed by atoms with Crippen molar-refractivity contribution in [2.45, 2.75) is 88.6 Å². The van der Waals surface area contributed by atoms with Gasteiger partial charge in [-0.05, 0) is 59.7 Å². The van der Waals surface area contributed by atoms with Crippen LogP contribution in [0, 0.1) is 0 Å². The average molecular weight is 293 g/mol. The maximum Gasteiger partial charge on any atom is 0.0463 e. The zero-order valence-corrected chi connectivity index (χ0v) is 14.6. The van der Waals surface area contributed by atoms with E-state index in [4.69, 9.17) is 0 Å². The van der Waals surface area contributed by atoms with Crippen LogP contribution in [0.1, 0.15) is 77.0 Å². The first-order valence-corrected chi connectivity index (χ1v) is 9.24. The fourth-order valence-corrected chi connectivity index (χ4v) is 4.61. The van der Waals surface area contributed by atoms with Crippen LogP contribution in [-0.4, -0.2) is 37.6 Å². The van der Waals surface area contributed by atoms with Crippen molar-refractivity contribution in [3.05, 3.63) is 11.6 Å². The first-order valence-electron chi connectivity index (χ1n) is 9.24. The number of hydrogen-bond acceptors (Lipinski definition) is 2. The monoisotopic (exact) mass is 292 g/mol. The smallest absolute Gasteiger partial charge is 0.0463 e. The van der Waals surface area contributed by atoms with E-state index in [-0.39, 0.29) is 0 Å². The van der Waals surface area contributed by atoms with Gasteiger partial charge in [-0.25, -0.2) is 0 Å². The van der Waals surface area contributed by atoms with Gasteiger partial charge in [0, 0.05) is 11.6 Å². The predicted octanol–water partition coefficient (Wildman–Crippen LogP) is 4.51. The van der Waals surface area contributed by atoms with Crippen LogP contribution in [-0.2, 0) is 0 Å². The van der Waals surface area contributed by atoms with Gasteiger partial charge in [-0.1, -0.05) is 50.2 Å². The van der Waals surface area contributed by atoms with Gasteiger partial charge in [0.05, 0.1) is 0 Å². The highest BCUT2D eigenvalue weighted by Crippen LogP contribution is 2.38. The number of hydrogen-bond donors (Lipinski definition) is 1. The van der Waals surface area contributed by atoms with E-state index in [9.17, 15) is 0 Å². The Bertz CT molecular complexity index is 324. The van der Waals surface area contributed by atoms with Gasteiger partial charge in [-0.15, -0.1) is 0 Å². The largest absolute Gasteiger partial charge is 0.312 e. The van der Waals surface area contributed by atoms with Crippen LogP contribution < -0.4 is 5.32 Å². The summed E-state index contributed by atoms with van der Waals surface area (Å²) in [5, 5.41) is 3.73. The fourth-order valence-electron chi connectivity index (χ4n) is 4.61. The standard InChI is InChI=1S/C19H36N2/c1-20-18(17-13-9-5-4-6-10-14-17)19(21(2)3)15-11-7-8-12-16-19/h13,18,20H,4-12,14-16H2,1-3H3. The first-order chi connectivity index (χ1) is 10.2. The lowest BCUT2D eigenvalue weighted by atomic mass is 9.76. The molecule has 0 aromatic rings. The molecule has 21 heavy (non-hydrogen) atoms. The second kappa shape index (κ2) is 8.33. The minimum absolute atomic E-state index is 0.330. The van der Waals surface area contributed by atoms with Crippen LogP contribution in [0.4, 0.5) is 0 Å². The molecule has 0 heterocycles. The van der Waals surface area contributed by atoms with E-state index in [0.717, 1.165) is 0 Å². The van der Waals surface area contributed by atoms with Gasteiger partial charge in [-0.3, -0.25) is 0 Å². The summed E-state index contributed by atoms with van der Waals surface area (Å²) in [5.41, 5.74) is 2.03. The molecule has 0 aromatic heterocycles. The van der Waals surface area contributed by atoms with Gasteiger partial charge in [0.1, 0.15) is 0 Å². The zero-order chi connectivity index (χ0) is 15.1. The van der Waals surface area contributed by atoms with Crippen molar-refractivity contribution in [1.29, 1.82) is 0 Å². The molecular weight excluding hydrogens is 256 g/mol. The topological polar surface area (TPSA) is 15.3 Å². The summed E-state index contributed by atoms with van der Waals surface area (Å²) < 4.78 is 0. The van der Waals surface area contributed by atoms with Crippen LogP contribution in [0.15, 0.2) is 11.6 Å². The summed E-state index contributed by atoms with van der Waals surface area (Å²) in [6.45, 7) is 0. The molecule has 0 aromatic carbocycles. The Morgan fingerprint density at radius 3 is 2.19 bits per heavy atom. The number of rotatable bonds is 4. The zero-order valence-electron chi connectivity index (χ0n) is 14.6. The summed E-state index contributed by atoms with van der Waals surface area (Å²) in [6.07, 6.45) is 19.1. The van der Waals surface area contributed by atoms with E-state index < -0.39 is 0 Å². The van der Waals surface area contributed by atoms with E-state index in [1.165, 1.54) is 77.0 Å². The molecule has 0 saturated heterocycles. The Balaban J connectivity index is 2.25. The highest BCUT2D eigenvalue weighted by atomic mass is 15.2. The van der Waals surface area contributed by atoms with E-state index in [1.54, 1.807) is 5.57 Å². The fraction of sp³-hybridized carbons (Fsp3) is 0.895. The highest BCUT2D eigenvalue weighted by molar-refractivity contribution is 5.20. The minimum atomic E-state index is 0.330. The molecule has 0 amide bonds. The highest BCUT2D eigenvalue weighted by Gasteiger charge is 2.41. The lowest BCUT2D eigenvalue weighted by molar-refractivity contribution is 0.0958. The second-order valence-corrected chi connectivity index (χ2v) is 7.37. The van der Waals surface area contributed by atoms with E-state index >= 15 is 0 Å². The second-order valence-electron chi connectivity index (χ2n) is 7.37. The molecule has 1 N–H and O–H groups in total. The van der Waals surface area contributed by atoms with Crippen molar-refractivity contribution in [1.82, 2.24) is 10.2 Å². The van der Waals surface area contributed by atoms with E-state index in [1.807, 2.05) is 0 Å². The van der Waals surface area contributed by atoms with Gasteiger partial charge in [-0.2, -0.15) is 0 Å². The van der Waals surface area contributed by atoms with Gasteiger partial charge in [0.25, 0.3) is 0 Å². The number of nitrogens with zero attached hydrogens (tertiary/aromatic N) is 1. The molecule has 2 nitrogen and oxygen atoms in total. The molecule has 0 bridgehead atoms. The van der Waals surface area contributed by atoms with Crippen molar-refractivity contribution in [2.24, 2.45) is 0 Å². The Hall–Kier alpha value is -0.340. The molecule has 0 radical (unpaired) electrons. The van der Waals surface area contributed by atoms with Gasteiger partial charge in [0.2, 0.25) is 0 Å². The van der Waals surface area contributed by atoms with Crippen molar-refractivity contribution < 1.29 is 0 Å². The summed E-state index contributed by atoms with van der Waals surface area (Å²) >= 11 is 0. The molecular formula is C19H36N2. The van der Waals surface area contributed by atoms with Crippen molar-refractivity contribution in [2.75, 3.05) is 21.1 Å². The molecule has 1 saturated carbocycles. The molecule has 0 spiro atoms. The van der Waals surface area contributed by atoms with Crippen LogP contribution in [0.3, 0.4) is 0 Å². The van der Waals surface area contributed by atoms with Crippen molar-refractivity contribution in [3.8, 4) is 0 Å². The van der Waals surface area contributed by atoms with Gasteiger partial charge >= 0.3 is 0 Å². The minimum Gasteiger partial charge on any atom is -0.312 e. The lowest BCUT2D eigenvalue weighted by Crippen LogP contribution is -2.59. The van der Waals surface area contributed by atoms with Crippen molar-refractivity contribution >= 4 is 0 Å².